The Labute approximate surface area is 132 Å². The summed E-state index contributed by atoms with van der Waals surface area (Å²) in [5.74, 6) is 2.35. The van der Waals surface area contributed by atoms with Gasteiger partial charge < -0.3 is 14.6 Å². The zero-order chi connectivity index (χ0) is 15.9. The smallest absolute Gasteiger partial charge is 0.216 e. The molecule has 22 heavy (non-hydrogen) atoms. The zero-order valence-electron chi connectivity index (χ0n) is 13.8. The van der Waals surface area contributed by atoms with Crippen LogP contribution in [0.1, 0.15) is 29.8 Å². The lowest BCUT2D eigenvalue weighted by molar-refractivity contribution is 0.458. The molecular formula is C17H24N4O. The van der Waals surface area contributed by atoms with E-state index in [-0.39, 0.29) is 0 Å². The molecule has 1 N–H and O–H groups in total. The van der Waals surface area contributed by atoms with Crippen molar-refractivity contribution in [3.05, 3.63) is 53.2 Å². The van der Waals surface area contributed by atoms with Crippen LogP contribution in [0.4, 0.5) is 0 Å². The van der Waals surface area contributed by atoms with Crippen LogP contribution in [0.25, 0.3) is 0 Å². The number of aryl methyl sites for hydroxylation is 2. The SMILES string of the molecule is CCNC(=NCc1nc(C)c(C)o1)N(C)Cc1ccccc1. The number of benzene rings is 1. The molecule has 1 aromatic heterocycles. The van der Waals surface area contributed by atoms with Crippen LogP contribution in [0.2, 0.25) is 0 Å². The van der Waals surface area contributed by atoms with E-state index in [0.29, 0.717) is 12.4 Å². The van der Waals surface area contributed by atoms with Crippen LogP contribution in [0.5, 0.6) is 0 Å². The second kappa shape index (κ2) is 7.64. The van der Waals surface area contributed by atoms with E-state index in [1.54, 1.807) is 0 Å². The molecule has 0 unspecified atom stereocenters. The molecule has 0 amide bonds. The molecule has 5 nitrogen and oxygen atoms in total. The standard InChI is InChI=1S/C17H24N4O/c1-5-18-17(19-11-16-20-13(2)14(3)22-16)21(4)12-15-9-7-6-8-10-15/h6-10H,5,11-12H2,1-4H3,(H,18,19). The van der Waals surface area contributed by atoms with Gasteiger partial charge in [-0.1, -0.05) is 30.3 Å². The minimum absolute atomic E-state index is 0.441. The number of oxazole rings is 1. The summed E-state index contributed by atoms with van der Waals surface area (Å²) < 4.78 is 5.58. The molecule has 0 spiro atoms. The summed E-state index contributed by atoms with van der Waals surface area (Å²) >= 11 is 0. The van der Waals surface area contributed by atoms with Crippen molar-refractivity contribution in [3.63, 3.8) is 0 Å². The minimum Gasteiger partial charge on any atom is -0.444 e. The molecule has 0 atom stereocenters. The number of guanidine groups is 1. The maximum atomic E-state index is 5.58. The van der Waals surface area contributed by atoms with Crippen molar-refractivity contribution in [2.75, 3.05) is 13.6 Å². The zero-order valence-corrected chi connectivity index (χ0v) is 13.8. The maximum absolute atomic E-state index is 5.58. The van der Waals surface area contributed by atoms with E-state index >= 15 is 0 Å². The molecule has 0 aliphatic rings. The third kappa shape index (κ3) is 4.35. The first-order valence-electron chi connectivity index (χ1n) is 7.56. The van der Waals surface area contributed by atoms with Gasteiger partial charge in [-0.2, -0.15) is 0 Å². The van der Waals surface area contributed by atoms with Crippen molar-refractivity contribution in [3.8, 4) is 0 Å². The van der Waals surface area contributed by atoms with Crippen LogP contribution >= 0.6 is 0 Å². The van der Waals surface area contributed by atoms with Gasteiger partial charge in [0.05, 0.1) is 5.69 Å². The summed E-state index contributed by atoms with van der Waals surface area (Å²) in [7, 11) is 2.03. The van der Waals surface area contributed by atoms with Gasteiger partial charge in [-0.25, -0.2) is 9.98 Å². The summed E-state index contributed by atoms with van der Waals surface area (Å²) in [5, 5.41) is 3.30. The van der Waals surface area contributed by atoms with Crippen LogP contribution in [0, 0.1) is 13.8 Å². The second-order valence-electron chi connectivity index (χ2n) is 5.26. The Kier molecular flexibility index (Phi) is 5.58. The monoisotopic (exact) mass is 300 g/mol. The van der Waals surface area contributed by atoms with Gasteiger partial charge in [0, 0.05) is 20.1 Å². The van der Waals surface area contributed by atoms with Crippen molar-refractivity contribution in [1.82, 2.24) is 15.2 Å². The van der Waals surface area contributed by atoms with E-state index in [1.807, 2.05) is 39.1 Å². The fourth-order valence-electron chi connectivity index (χ4n) is 2.15. The number of nitrogens with one attached hydrogen (secondary N) is 1. The van der Waals surface area contributed by atoms with Crippen molar-refractivity contribution < 1.29 is 4.42 Å². The number of hydrogen-bond donors (Lipinski definition) is 1. The van der Waals surface area contributed by atoms with E-state index in [1.165, 1.54) is 5.56 Å². The highest BCUT2D eigenvalue weighted by Gasteiger charge is 2.09. The molecule has 0 aliphatic carbocycles. The van der Waals surface area contributed by atoms with Gasteiger partial charge in [0.1, 0.15) is 12.3 Å². The molecule has 2 aromatic rings. The first-order valence-corrected chi connectivity index (χ1v) is 7.56. The Morgan fingerprint density at radius 3 is 2.59 bits per heavy atom. The molecular weight excluding hydrogens is 276 g/mol. The first-order chi connectivity index (χ1) is 10.6. The van der Waals surface area contributed by atoms with Gasteiger partial charge >= 0.3 is 0 Å². The van der Waals surface area contributed by atoms with Gasteiger partial charge in [-0.05, 0) is 26.3 Å². The van der Waals surface area contributed by atoms with Crippen LogP contribution in [0.3, 0.4) is 0 Å². The molecule has 0 saturated heterocycles. The van der Waals surface area contributed by atoms with E-state index in [9.17, 15) is 0 Å². The lowest BCUT2D eigenvalue weighted by atomic mass is 10.2. The number of rotatable bonds is 5. The molecule has 0 fully saturated rings. The van der Waals surface area contributed by atoms with Gasteiger partial charge in [0.15, 0.2) is 5.96 Å². The van der Waals surface area contributed by atoms with Crippen LogP contribution < -0.4 is 5.32 Å². The average molecular weight is 300 g/mol. The Hall–Kier alpha value is -2.30. The normalized spacial score (nSPS) is 11.5. The number of hydrogen-bond acceptors (Lipinski definition) is 3. The van der Waals surface area contributed by atoms with Gasteiger partial charge in [0.25, 0.3) is 0 Å². The average Bonchev–Trinajstić information content (AvgIpc) is 2.83. The second-order valence-corrected chi connectivity index (χ2v) is 5.26. The topological polar surface area (TPSA) is 53.7 Å². The lowest BCUT2D eigenvalue weighted by Crippen LogP contribution is -2.38. The Bertz CT molecular complexity index is 599. The third-order valence-electron chi connectivity index (χ3n) is 3.40. The Balaban J connectivity index is 2.05. The van der Waals surface area contributed by atoms with Gasteiger partial charge in [-0.15, -0.1) is 0 Å². The third-order valence-corrected chi connectivity index (χ3v) is 3.40. The maximum Gasteiger partial charge on any atom is 0.216 e. The van der Waals surface area contributed by atoms with E-state index < -0.39 is 0 Å². The molecule has 0 radical (unpaired) electrons. The van der Waals surface area contributed by atoms with Crippen molar-refractivity contribution in [2.24, 2.45) is 4.99 Å². The van der Waals surface area contributed by atoms with E-state index in [0.717, 1.165) is 30.5 Å². The highest BCUT2D eigenvalue weighted by molar-refractivity contribution is 5.79. The predicted octanol–water partition coefficient (Wildman–Crippen LogP) is 2.89. The molecule has 118 valence electrons. The van der Waals surface area contributed by atoms with Gasteiger partial charge in [-0.3, -0.25) is 0 Å². The predicted molar refractivity (Wildman–Crippen MR) is 88.7 cm³/mol. The van der Waals surface area contributed by atoms with E-state index in [4.69, 9.17) is 4.42 Å². The van der Waals surface area contributed by atoms with Gasteiger partial charge in [0.2, 0.25) is 5.89 Å². The minimum atomic E-state index is 0.441. The first kappa shape index (κ1) is 16.1. The quantitative estimate of drug-likeness (QED) is 0.681. The fraction of sp³-hybridized carbons (Fsp3) is 0.412. The lowest BCUT2D eigenvalue weighted by Gasteiger charge is -2.22. The summed E-state index contributed by atoms with van der Waals surface area (Å²) in [5.41, 5.74) is 2.17. The number of nitrogens with zero attached hydrogens (tertiary/aromatic N) is 3. The summed E-state index contributed by atoms with van der Waals surface area (Å²) in [4.78, 5) is 11.1. The molecule has 5 heteroatoms. The molecule has 2 rings (SSSR count). The van der Waals surface area contributed by atoms with Crippen LogP contribution in [-0.4, -0.2) is 29.4 Å². The molecule has 0 aliphatic heterocycles. The summed E-state index contributed by atoms with van der Waals surface area (Å²) in [6.45, 7) is 7.99. The largest absolute Gasteiger partial charge is 0.444 e. The highest BCUT2D eigenvalue weighted by Crippen LogP contribution is 2.09. The molecule has 0 bridgehead atoms. The van der Waals surface area contributed by atoms with Crippen molar-refractivity contribution >= 4 is 5.96 Å². The fourth-order valence-corrected chi connectivity index (χ4v) is 2.15. The molecule has 0 saturated carbocycles. The summed E-state index contributed by atoms with van der Waals surface area (Å²) in [6, 6.07) is 10.3. The Morgan fingerprint density at radius 1 is 1.27 bits per heavy atom. The molecule has 1 heterocycles. The number of aromatic nitrogens is 1. The Morgan fingerprint density at radius 2 is 2.00 bits per heavy atom. The van der Waals surface area contributed by atoms with Crippen LogP contribution in [-0.2, 0) is 13.1 Å². The molecule has 1 aromatic carbocycles. The van der Waals surface area contributed by atoms with E-state index in [2.05, 4.69) is 39.2 Å². The van der Waals surface area contributed by atoms with Crippen molar-refractivity contribution in [2.45, 2.75) is 33.9 Å². The number of aliphatic imine (C=N–C) groups is 1. The highest BCUT2D eigenvalue weighted by atomic mass is 16.4. The van der Waals surface area contributed by atoms with Crippen LogP contribution in [0.15, 0.2) is 39.7 Å². The summed E-state index contributed by atoms with van der Waals surface area (Å²) in [6.07, 6.45) is 0. The van der Waals surface area contributed by atoms with Crippen molar-refractivity contribution in [1.29, 1.82) is 0 Å².